The summed E-state index contributed by atoms with van der Waals surface area (Å²) >= 11 is 0. The summed E-state index contributed by atoms with van der Waals surface area (Å²) in [5.41, 5.74) is 1.51. The highest BCUT2D eigenvalue weighted by Gasteiger charge is 2.35. The Morgan fingerprint density at radius 2 is 1.94 bits per heavy atom. The number of nitrogens with one attached hydrogen (secondary N) is 2. The number of rotatable bonds is 5. The number of H-pyrrole nitrogens is 1. The Balaban J connectivity index is 1.79. The number of ether oxygens (including phenoxy) is 2. The van der Waals surface area contributed by atoms with E-state index >= 15 is 0 Å². The molecule has 2 aromatic carbocycles. The fourth-order valence-electron chi connectivity index (χ4n) is 3.86. The van der Waals surface area contributed by atoms with Gasteiger partial charge in [-0.3, -0.25) is 14.9 Å². The van der Waals surface area contributed by atoms with Crippen molar-refractivity contribution in [2.45, 2.75) is 6.04 Å². The number of methoxy groups -OCH3 is 2. The van der Waals surface area contributed by atoms with Gasteiger partial charge in [-0.25, -0.2) is 5.10 Å². The van der Waals surface area contributed by atoms with Crippen molar-refractivity contribution in [3.8, 4) is 22.8 Å². The van der Waals surface area contributed by atoms with E-state index < -0.39 is 16.5 Å². The second-order valence-electron chi connectivity index (χ2n) is 7.09. The van der Waals surface area contributed by atoms with Gasteiger partial charge in [0.1, 0.15) is 11.7 Å². The van der Waals surface area contributed by atoms with Crippen molar-refractivity contribution in [2.24, 2.45) is 0 Å². The van der Waals surface area contributed by atoms with Gasteiger partial charge in [0.05, 0.1) is 24.8 Å². The van der Waals surface area contributed by atoms with Crippen LogP contribution in [0.3, 0.4) is 0 Å². The maximum atomic E-state index is 12.7. The maximum absolute atomic E-state index is 12.7. The average molecular weight is 448 g/mol. The van der Waals surface area contributed by atoms with Crippen LogP contribution in [0.1, 0.15) is 17.2 Å². The van der Waals surface area contributed by atoms with Crippen LogP contribution in [0, 0.1) is 10.1 Å². The first-order valence-corrected chi connectivity index (χ1v) is 9.66. The Hall–Kier alpha value is -4.81. The Kier molecular flexibility index (Phi) is 4.70. The van der Waals surface area contributed by atoms with Crippen LogP contribution < -0.4 is 20.3 Å². The number of hydrogen-bond acceptors (Lipinski definition) is 10. The number of non-ortho nitro benzene ring substituents is 1. The van der Waals surface area contributed by atoms with Gasteiger partial charge in [-0.15, -0.1) is 0 Å². The molecular weight excluding hydrogens is 432 g/mol. The fraction of sp³-hybridized carbons (Fsp3) is 0.150. The third kappa shape index (κ3) is 3.22. The van der Waals surface area contributed by atoms with Crippen molar-refractivity contribution in [3.63, 3.8) is 0 Å². The lowest BCUT2D eigenvalue weighted by molar-refractivity contribution is -0.384. The molecule has 0 unspecified atom stereocenters. The molecule has 33 heavy (non-hydrogen) atoms. The summed E-state index contributed by atoms with van der Waals surface area (Å²) in [6, 6.07) is 10.6. The molecule has 0 radical (unpaired) electrons. The number of aromatic nitrogens is 6. The lowest BCUT2D eigenvalue weighted by Crippen LogP contribution is -2.29. The number of benzene rings is 2. The van der Waals surface area contributed by atoms with Crippen LogP contribution in [0.2, 0.25) is 0 Å². The number of nitrogens with zero attached hydrogens (tertiary/aromatic N) is 6. The third-order valence-corrected chi connectivity index (χ3v) is 5.32. The molecule has 5 rings (SSSR count). The number of nitro benzene ring substituents is 1. The van der Waals surface area contributed by atoms with E-state index in [4.69, 9.17) is 9.47 Å². The molecule has 3 heterocycles. The molecule has 0 fully saturated rings. The van der Waals surface area contributed by atoms with Gasteiger partial charge in [-0.1, -0.05) is 23.3 Å². The minimum Gasteiger partial charge on any atom is -0.493 e. The zero-order valence-corrected chi connectivity index (χ0v) is 17.3. The normalized spacial score (nSPS) is 14.1. The van der Waals surface area contributed by atoms with Gasteiger partial charge in [0.2, 0.25) is 5.95 Å². The van der Waals surface area contributed by atoms with E-state index in [0.717, 1.165) is 0 Å². The van der Waals surface area contributed by atoms with Crippen LogP contribution in [0.4, 0.5) is 17.3 Å². The molecule has 0 spiro atoms. The van der Waals surface area contributed by atoms with Gasteiger partial charge >= 0.3 is 0 Å². The molecule has 2 aromatic heterocycles. The minimum atomic E-state index is -0.685. The molecule has 1 aliphatic rings. The number of aromatic amines is 1. The van der Waals surface area contributed by atoms with E-state index in [9.17, 15) is 14.9 Å². The third-order valence-electron chi connectivity index (χ3n) is 5.32. The highest BCUT2D eigenvalue weighted by atomic mass is 16.6. The first-order chi connectivity index (χ1) is 16.0. The topological polar surface area (TPSA) is 163 Å². The number of nitro groups is 1. The summed E-state index contributed by atoms with van der Waals surface area (Å²) in [5, 5.41) is 32.7. The van der Waals surface area contributed by atoms with Gasteiger partial charge in [0, 0.05) is 23.3 Å². The molecule has 1 atom stereocenters. The summed E-state index contributed by atoms with van der Waals surface area (Å²) in [4.78, 5) is 23.6. The first-order valence-electron chi connectivity index (χ1n) is 9.66. The van der Waals surface area contributed by atoms with Crippen molar-refractivity contribution in [2.75, 3.05) is 19.5 Å². The zero-order valence-electron chi connectivity index (χ0n) is 17.3. The molecule has 13 heteroatoms. The van der Waals surface area contributed by atoms with Gasteiger partial charge in [-0.2, -0.15) is 9.78 Å². The van der Waals surface area contributed by atoms with E-state index in [1.54, 1.807) is 30.3 Å². The van der Waals surface area contributed by atoms with Gasteiger partial charge in [0.15, 0.2) is 11.5 Å². The summed E-state index contributed by atoms with van der Waals surface area (Å²) in [6.07, 6.45) is 0. The van der Waals surface area contributed by atoms with Crippen molar-refractivity contribution in [3.05, 3.63) is 74.1 Å². The predicted molar refractivity (Wildman–Crippen MR) is 115 cm³/mol. The number of fused-ring (bicyclic) bond motifs is 2. The molecule has 0 saturated heterocycles. The highest BCUT2D eigenvalue weighted by molar-refractivity contribution is 5.76. The first kappa shape index (κ1) is 20.1. The van der Waals surface area contributed by atoms with Gasteiger partial charge in [-0.05, 0) is 28.1 Å². The van der Waals surface area contributed by atoms with E-state index in [1.807, 2.05) is 0 Å². The maximum Gasteiger partial charge on any atom is 0.288 e. The summed E-state index contributed by atoms with van der Waals surface area (Å²) in [7, 11) is 3.04. The Bertz CT molecular complexity index is 1450. The van der Waals surface area contributed by atoms with E-state index in [2.05, 4.69) is 31.0 Å². The fourth-order valence-corrected chi connectivity index (χ4v) is 3.86. The Morgan fingerprint density at radius 3 is 2.70 bits per heavy atom. The molecule has 0 saturated carbocycles. The van der Waals surface area contributed by atoms with E-state index in [1.165, 1.54) is 31.0 Å². The predicted octanol–water partition coefficient (Wildman–Crippen LogP) is 2.04. The quantitative estimate of drug-likeness (QED) is 0.300. The number of hydrogen-bond donors (Lipinski definition) is 2. The Morgan fingerprint density at radius 1 is 1.12 bits per heavy atom. The molecular formula is C20H16N8O5. The van der Waals surface area contributed by atoms with Crippen LogP contribution in [0.15, 0.2) is 47.3 Å². The Labute approximate surface area is 185 Å². The summed E-state index contributed by atoms with van der Waals surface area (Å²) in [6.45, 7) is 0. The van der Waals surface area contributed by atoms with Crippen LogP contribution in [0.5, 0.6) is 11.5 Å². The lowest BCUT2D eigenvalue weighted by Gasteiger charge is -2.28. The van der Waals surface area contributed by atoms with Crippen molar-refractivity contribution >= 4 is 17.3 Å². The molecule has 0 bridgehead atoms. The molecule has 1 aliphatic heterocycles. The van der Waals surface area contributed by atoms with Gasteiger partial charge in [0.25, 0.3) is 11.2 Å². The van der Waals surface area contributed by atoms with Crippen molar-refractivity contribution in [1.29, 1.82) is 0 Å². The second kappa shape index (κ2) is 7.71. The minimum absolute atomic E-state index is 0.108. The average Bonchev–Trinajstić information content (AvgIpc) is 3.31. The largest absolute Gasteiger partial charge is 0.493 e. The molecule has 2 N–H and O–H groups in total. The zero-order chi connectivity index (χ0) is 23.1. The lowest BCUT2D eigenvalue weighted by atomic mass is 9.92. The standard InChI is InChI=1S/C20H16N8O5/c1-32-13-7-6-11(9-14(13)33-2)18-15-16(10-4-3-5-12(8-10)28(30)31)22-23-19(29)17(15)21-20-24-25-26-27(18)20/h3-9,18H,1-2H3,(H,23,29)(H,21,24,26)/t18-/m0/s1. The van der Waals surface area contributed by atoms with Gasteiger partial charge < -0.3 is 14.8 Å². The summed E-state index contributed by atoms with van der Waals surface area (Å²) < 4.78 is 12.3. The van der Waals surface area contributed by atoms with Crippen LogP contribution in [0.25, 0.3) is 11.3 Å². The number of anilines is 2. The molecule has 0 amide bonds. The highest BCUT2D eigenvalue weighted by Crippen LogP contribution is 2.43. The molecule has 13 nitrogen and oxygen atoms in total. The molecule has 4 aromatic rings. The summed E-state index contributed by atoms with van der Waals surface area (Å²) in [5.74, 6) is 1.25. The van der Waals surface area contributed by atoms with Crippen LogP contribution in [-0.4, -0.2) is 49.5 Å². The van der Waals surface area contributed by atoms with E-state index in [0.29, 0.717) is 33.9 Å². The van der Waals surface area contributed by atoms with Crippen molar-refractivity contribution in [1.82, 2.24) is 30.4 Å². The smallest absolute Gasteiger partial charge is 0.288 e. The number of tetrazole rings is 1. The molecule has 0 aliphatic carbocycles. The SMILES string of the molecule is COc1ccc([C@H]2c3c(-c4cccc([N+](=O)[O-])c4)n[nH]c(=O)c3Nc3nnnn32)cc1OC. The second-order valence-corrected chi connectivity index (χ2v) is 7.09. The molecule has 166 valence electrons. The van der Waals surface area contributed by atoms with Crippen molar-refractivity contribution < 1.29 is 14.4 Å². The van der Waals surface area contributed by atoms with Crippen LogP contribution >= 0.6 is 0 Å². The van der Waals surface area contributed by atoms with E-state index in [-0.39, 0.29) is 17.3 Å². The van der Waals surface area contributed by atoms with Crippen LogP contribution in [-0.2, 0) is 0 Å². The monoisotopic (exact) mass is 448 g/mol.